The molecule has 8 heteroatoms. The summed E-state index contributed by atoms with van der Waals surface area (Å²) < 4.78 is 33.7. The highest BCUT2D eigenvalue weighted by molar-refractivity contribution is 7.92. The zero-order chi connectivity index (χ0) is 24.7. The number of ether oxygens (including phenoxy) is 1. The first-order valence-corrected chi connectivity index (χ1v) is 12.8. The molecule has 2 aromatic carbocycles. The van der Waals surface area contributed by atoms with Gasteiger partial charge in [0.15, 0.2) is 0 Å². The van der Waals surface area contributed by atoms with E-state index in [9.17, 15) is 13.2 Å². The Morgan fingerprint density at radius 2 is 1.65 bits per heavy atom. The number of carbonyl (C=O) groups is 1. The number of nitrogens with zero attached hydrogens (tertiary/aromatic N) is 1. The van der Waals surface area contributed by atoms with Gasteiger partial charge < -0.3 is 10.1 Å². The van der Waals surface area contributed by atoms with Crippen LogP contribution in [0.4, 0.5) is 5.69 Å². The number of amides is 1. The summed E-state index contributed by atoms with van der Waals surface area (Å²) in [4.78, 5) is 16.5. The van der Waals surface area contributed by atoms with Crippen LogP contribution < -0.4 is 14.8 Å². The summed E-state index contributed by atoms with van der Waals surface area (Å²) in [7, 11) is -3.70. The number of benzene rings is 2. The fraction of sp³-hybridized carbons (Fsp3) is 0.308. The van der Waals surface area contributed by atoms with Crippen LogP contribution in [0.2, 0.25) is 0 Å². The van der Waals surface area contributed by atoms with Crippen LogP contribution in [-0.2, 0) is 16.4 Å². The third-order valence-electron chi connectivity index (χ3n) is 5.19. The monoisotopic (exact) mass is 481 g/mol. The summed E-state index contributed by atoms with van der Waals surface area (Å²) in [6.07, 6.45) is 3.21. The van der Waals surface area contributed by atoms with Gasteiger partial charge in [-0.2, -0.15) is 0 Å². The van der Waals surface area contributed by atoms with Gasteiger partial charge in [0.1, 0.15) is 5.75 Å². The largest absolute Gasteiger partial charge is 0.439 e. The quantitative estimate of drug-likeness (QED) is 0.404. The Hall–Kier alpha value is -3.39. The first-order valence-electron chi connectivity index (χ1n) is 11.3. The molecular formula is C26H31N3O4S. The molecule has 0 aliphatic rings. The number of pyridine rings is 1. The number of hydrogen-bond acceptors (Lipinski definition) is 5. The maximum Gasteiger partial charge on any atom is 0.261 e. The van der Waals surface area contributed by atoms with Crippen molar-refractivity contribution in [1.29, 1.82) is 0 Å². The fourth-order valence-corrected chi connectivity index (χ4v) is 4.24. The van der Waals surface area contributed by atoms with E-state index in [1.807, 2.05) is 26.0 Å². The molecule has 0 saturated heterocycles. The van der Waals surface area contributed by atoms with Crippen molar-refractivity contribution in [2.24, 2.45) is 5.92 Å². The van der Waals surface area contributed by atoms with E-state index in [-0.39, 0.29) is 16.8 Å². The smallest absolute Gasteiger partial charge is 0.261 e. The molecular weight excluding hydrogens is 450 g/mol. The Bertz CT molecular complexity index is 1190. The van der Waals surface area contributed by atoms with Crippen molar-refractivity contribution < 1.29 is 17.9 Å². The molecule has 34 heavy (non-hydrogen) atoms. The molecule has 0 bridgehead atoms. The molecule has 1 aromatic heterocycles. The van der Waals surface area contributed by atoms with E-state index in [0.717, 1.165) is 18.4 Å². The lowest BCUT2D eigenvalue weighted by Crippen LogP contribution is -2.31. The number of anilines is 1. The van der Waals surface area contributed by atoms with Gasteiger partial charge >= 0.3 is 0 Å². The second-order valence-electron chi connectivity index (χ2n) is 8.64. The molecule has 0 aliphatic heterocycles. The Morgan fingerprint density at radius 1 is 0.971 bits per heavy atom. The van der Waals surface area contributed by atoms with E-state index in [1.165, 1.54) is 6.20 Å². The minimum atomic E-state index is -3.70. The first kappa shape index (κ1) is 25.2. The number of hydrogen-bond donors (Lipinski definition) is 2. The number of sulfonamides is 1. The maximum atomic E-state index is 12.7. The zero-order valence-corrected chi connectivity index (χ0v) is 20.7. The van der Waals surface area contributed by atoms with Crippen LogP contribution in [0.1, 0.15) is 50.0 Å². The fourth-order valence-electron chi connectivity index (χ4n) is 3.19. The molecule has 1 heterocycles. The Morgan fingerprint density at radius 3 is 2.21 bits per heavy atom. The summed E-state index contributed by atoms with van der Waals surface area (Å²) in [5.74, 6) is 1.14. The minimum Gasteiger partial charge on any atom is -0.439 e. The predicted molar refractivity (Wildman–Crippen MR) is 134 cm³/mol. The van der Waals surface area contributed by atoms with Crippen molar-refractivity contribution in [2.75, 3.05) is 4.72 Å². The average molecular weight is 482 g/mol. The van der Waals surface area contributed by atoms with Crippen LogP contribution in [0.5, 0.6) is 11.6 Å². The van der Waals surface area contributed by atoms with Crippen LogP contribution in [0.3, 0.4) is 0 Å². The highest BCUT2D eigenvalue weighted by atomic mass is 32.2. The molecule has 3 aromatic rings. The predicted octanol–water partition coefficient (Wildman–Crippen LogP) is 5.40. The minimum absolute atomic E-state index is 0.0867. The van der Waals surface area contributed by atoms with Gasteiger partial charge in [0.2, 0.25) is 5.88 Å². The summed E-state index contributed by atoms with van der Waals surface area (Å²) in [5, 5.41) is 2.89. The van der Waals surface area contributed by atoms with Crippen LogP contribution in [0.25, 0.3) is 0 Å². The van der Waals surface area contributed by atoms with Crippen LogP contribution in [0.15, 0.2) is 71.8 Å². The van der Waals surface area contributed by atoms with Crippen molar-refractivity contribution in [3.8, 4) is 11.6 Å². The van der Waals surface area contributed by atoms with Crippen molar-refractivity contribution in [2.45, 2.75) is 51.5 Å². The second-order valence-corrected chi connectivity index (χ2v) is 10.3. The second kappa shape index (κ2) is 11.2. The summed E-state index contributed by atoms with van der Waals surface area (Å²) in [5.41, 5.74) is 1.98. The molecule has 1 amide bonds. The summed E-state index contributed by atoms with van der Waals surface area (Å²) >= 11 is 0. The van der Waals surface area contributed by atoms with Gasteiger partial charge in [-0.05, 0) is 73.7 Å². The van der Waals surface area contributed by atoms with Gasteiger partial charge in [-0.15, -0.1) is 0 Å². The number of carbonyl (C=O) groups excluding carboxylic acids is 1. The van der Waals surface area contributed by atoms with Crippen molar-refractivity contribution in [3.05, 3.63) is 78.0 Å². The van der Waals surface area contributed by atoms with Crippen molar-refractivity contribution in [1.82, 2.24) is 10.3 Å². The summed E-state index contributed by atoms with van der Waals surface area (Å²) in [6, 6.07) is 16.8. The normalized spacial score (nSPS) is 12.3. The number of nitrogens with one attached hydrogen (secondary N) is 2. The lowest BCUT2D eigenvalue weighted by atomic mass is 10.0. The maximum absolute atomic E-state index is 12.7. The average Bonchev–Trinajstić information content (AvgIpc) is 2.80. The van der Waals surface area contributed by atoms with Gasteiger partial charge in [0.05, 0.1) is 10.5 Å². The van der Waals surface area contributed by atoms with Gasteiger partial charge in [-0.3, -0.25) is 9.52 Å². The van der Waals surface area contributed by atoms with E-state index in [4.69, 9.17) is 4.74 Å². The van der Waals surface area contributed by atoms with E-state index in [1.54, 1.807) is 48.5 Å². The van der Waals surface area contributed by atoms with E-state index < -0.39 is 10.0 Å². The highest BCUT2D eigenvalue weighted by Crippen LogP contribution is 2.23. The third-order valence-corrected chi connectivity index (χ3v) is 6.59. The Labute approximate surface area is 201 Å². The van der Waals surface area contributed by atoms with Crippen LogP contribution in [0, 0.1) is 5.92 Å². The lowest BCUT2D eigenvalue weighted by Gasteiger charge is -2.12. The standard InChI is InChI=1S/C26H31N3O4S/c1-5-19(4)28-26(30)21-8-15-25(27-17-21)33-23-11-9-22(10-12-23)29-34(31,32)24-13-6-20(7-14-24)16-18(2)3/h6-15,17-19,29H,5,16H2,1-4H3,(H,28,30). The van der Waals surface area contributed by atoms with Crippen LogP contribution in [-0.4, -0.2) is 25.4 Å². The molecule has 1 atom stereocenters. The molecule has 180 valence electrons. The third kappa shape index (κ3) is 7.05. The Balaban J connectivity index is 1.61. The molecule has 0 aliphatic carbocycles. The van der Waals surface area contributed by atoms with E-state index >= 15 is 0 Å². The van der Waals surface area contributed by atoms with Crippen LogP contribution >= 0.6 is 0 Å². The molecule has 0 saturated carbocycles. The molecule has 0 spiro atoms. The number of aromatic nitrogens is 1. The molecule has 3 rings (SSSR count). The SMILES string of the molecule is CCC(C)NC(=O)c1ccc(Oc2ccc(NS(=O)(=O)c3ccc(CC(C)C)cc3)cc2)nc1. The van der Waals surface area contributed by atoms with E-state index in [0.29, 0.717) is 28.8 Å². The Kier molecular flexibility index (Phi) is 8.28. The highest BCUT2D eigenvalue weighted by Gasteiger charge is 2.15. The number of rotatable bonds is 10. The molecule has 7 nitrogen and oxygen atoms in total. The van der Waals surface area contributed by atoms with Gasteiger partial charge in [0, 0.05) is 24.0 Å². The topological polar surface area (TPSA) is 97.4 Å². The van der Waals surface area contributed by atoms with Gasteiger partial charge in [0.25, 0.3) is 15.9 Å². The summed E-state index contributed by atoms with van der Waals surface area (Å²) in [6.45, 7) is 8.19. The van der Waals surface area contributed by atoms with Crippen molar-refractivity contribution in [3.63, 3.8) is 0 Å². The first-order chi connectivity index (χ1) is 16.2. The molecule has 0 radical (unpaired) electrons. The van der Waals surface area contributed by atoms with E-state index in [2.05, 4.69) is 28.9 Å². The molecule has 0 fully saturated rings. The zero-order valence-electron chi connectivity index (χ0n) is 19.9. The molecule has 2 N–H and O–H groups in total. The lowest BCUT2D eigenvalue weighted by molar-refractivity contribution is 0.0939. The van der Waals surface area contributed by atoms with Crippen molar-refractivity contribution >= 4 is 21.6 Å². The molecule has 1 unspecified atom stereocenters. The van der Waals surface area contributed by atoms with Gasteiger partial charge in [-0.25, -0.2) is 13.4 Å². The van der Waals surface area contributed by atoms with Gasteiger partial charge in [-0.1, -0.05) is 32.9 Å².